The Kier molecular flexibility index (Phi) is 4.49. The van der Waals surface area contributed by atoms with Crippen LogP contribution in [-0.2, 0) is 19.6 Å². The second-order valence-corrected chi connectivity index (χ2v) is 6.80. The van der Waals surface area contributed by atoms with Gasteiger partial charge in [-0.2, -0.15) is 4.31 Å². The van der Waals surface area contributed by atoms with Crippen LogP contribution in [0, 0.1) is 0 Å². The van der Waals surface area contributed by atoms with Gasteiger partial charge in [0.2, 0.25) is 10.0 Å². The van der Waals surface area contributed by atoms with E-state index in [1.807, 2.05) is 0 Å². The standard InChI is InChI=1S/C15H19NO4S/c1-4-16(5-2)21(18,19)13-8-6-12(7-9-13)14-10-11(3)15(17)20-14/h6-9,14H,3-5,10H2,1-2H3/t14-/m1/s1. The molecule has 1 atom stereocenters. The van der Waals surface area contributed by atoms with Gasteiger partial charge in [-0.15, -0.1) is 0 Å². The average molecular weight is 309 g/mol. The normalized spacial score (nSPS) is 19.1. The lowest BCUT2D eigenvalue weighted by molar-refractivity contribution is -0.139. The van der Waals surface area contributed by atoms with Gasteiger partial charge in [0, 0.05) is 25.1 Å². The minimum absolute atomic E-state index is 0.248. The Morgan fingerprint density at radius 1 is 1.24 bits per heavy atom. The summed E-state index contributed by atoms with van der Waals surface area (Å²) in [4.78, 5) is 11.6. The molecule has 0 spiro atoms. The van der Waals surface area contributed by atoms with Crippen molar-refractivity contribution in [3.8, 4) is 0 Å². The van der Waals surface area contributed by atoms with Crippen LogP contribution in [0.4, 0.5) is 0 Å². The largest absolute Gasteiger partial charge is 0.454 e. The second kappa shape index (κ2) is 5.99. The Hall–Kier alpha value is -1.66. The molecule has 1 saturated heterocycles. The van der Waals surface area contributed by atoms with E-state index in [9.17, 15) is 13.2 Å². The van der Waals surface area contributed by atoms with Crippen LogP contribution in [0.3, 0.4) is 0 Å². The van der Waals surface area contributed by atoms with Crippen molar-refractivity contribution >= 4 is 16.0 Å². The third-order valence-corrected chi connectivity index (χ3v) is 5.63. The Morgan fingerprint density at radius 2 is 1.81 bits per heavy atom. The molecule has 2 rings (SSSR count). The minimum atomic E-state index is -3.45. The van der Waals surface area contributed by atoms with Gasteiger partial charge in [0.1, 0.15) is 6.10 Å². The van der Waals surface area contributed by atoms with Crippen molar-refractivity contribution in [2.75, 3.05) is 13.1 Å². The van der Waals surface area contributed by atoms with Crippen LogP contribution in [0.15, 0.2) is 41.3 Å². The number of carbonyl (C=O) groups excluding carboxylic acids is 1. The second-order valence-electron chi connectivity index (χ2n) is 4.86. The van der Waals surface area contributed by atoms with E-state index in [0.717, 1.165) is 5.56 Å². The zero-order chi connectivity index (χ0) is 15.6. The third kappa shape index (κ3) is 3.01. The smallest absolute Gasteiger partial charge is 0.334 e. The molecular formula is C15H19NO4S. The zero-order valence-corrected chi connectivity index (χ0v) is 13.0. The van der Waals surface area contributed by atoms with E-state index in [-0.39, 0.29) is 17.0 Å². The van der Waals surface area contributed by atoms with E-state index in [2.05, 4.69) is 6.58 Å². The predicted molar refractivity (Wildman–Crippen MR) is 79.1 cm³/mol. The maximum Gasteiger partial charge on any atom is 0.334 e. The van der Waals surface area contributed by atoms with Crippen LogP contribution in [0.25, 0.3) is 0 Å². The summed E-state index contributed by atoms with van der Waals surface area (Å²) < 4.78 is 31.3. The van der Waals surface area contributed by atoms with Gasteiger partial charge in [0.25, 0.3) is 0 Å². The summed E-state index contributed by atoms with van der Waals surface area (Å²) in [5.41, 5.74) is 1.22. The Bertz CT molecular complexity index is 629. The Morgan fingerprint density at radius 3 is 2.24 bits per heavy atom. The molecule has 21 heavy (non-hydrogen) atoms. The molecule has 1 heterocycles. The van der Waals surface area contributed by atoms with Crippen LogP contribution in [0.1, 0.15) is 31.9 Å². The van der Waals surface area contributed by atoms with E-state index in [1.54, 1.807) is 38.1 Å². The van der Waals surface area contributed by atoms with Gasteiger partial charge in [-0.05, 0) is 17.7 Å². The highest BCUT2D eigenvalue weighted by Gasteiger charge is 2.29. The maximum absolute atomic E-state index is 12.4. The first-order valence-corrected chi connectivity index (χ1v) is 8.33. The summed E-state index contributed by atoms with van der Waals surface area (Å²) in [5, 5.41) is 0. The predicted octanol–water partition coefficient (Wildman–Crippen LogP) is 2.26. The lowest BCUT2D eigenvalue weighted by Gasteiger charge is -2.18. The van der Waals surface area contributed by atoms with Crippen molar-refractivity contribution in [3.05, 3.63) is 42.0 Å². The first kappa shape index (κ1) is 15.7. The Balaban J connectivity index is 2.24. The van der Waals surface area contributed by atoms with Gasteiger partial charge in [-0.1, -0.05) is 32.6 Å². The van der Waals surface area contributed by atoms with E-state index in [4.69, 9.17) is 4.74 Å². The summed E-state index contributed by atoms with van der Waals surface area (Å²) in [7, 11) is -3.45. The summed E-state index contributed by atoms with van der Waals surface area (Å²) in [5.74, 6) is -0.389. The molecule has 6 heteroatoms. The minimum Gasteiger partial charge on any atom is -0.454 e. The third-order valence-electron chi connectivity index (χ3n) is 3.56. The lowest BCUT2D eigenvalue weighted by Crippen LogP contribution is -2.30. The van der Waals surface area contributed by atoms with Crippen molar-refractivity contribution < 1.29 is 17.9 Å². The van der Waals surface area contributed by atoms with E-state index in [1.165, 1.54) is 4.31 Å². The molecule has 1 aromatic rings. The average Bonchev–Trinajstić information content (AvgIpc) is 2.80. The van der Waals surface area contributed by atoms with Gasteiger partial charge >= 0.3 is 5.97 Å². The first-order valence-electron chi connectivity index (χ1n) is 6.89. The molecule has 0 bridgehead atoms. The highest BCUT2D eigenvalue weighted by Crippen LogP contribution is 2.32. The van der Waals surface area contributed by atoms with Crippen molar-refractivity contribution in [1.29, 1.82) is 0 Å². The number of rotatable bonds is 5. The van der Waals surface area contributed by atoms with E-state index in [0.29, 0.717) is 25.1 Å². The van der Waals surface area contributed by atoms with Crippen LogP contribution in [0.2, 0.25) is 0 Å². The topological polar surface area (TPSA) is 63.7 Å². The fourth-order valence-electron chi connectivity index (χ4n) is 2.31. The molecule has 0 N–H and O–H groups in total. The molecule has 114 valence electrons. The molecule has 0 aliphatic carbocycles. The van der Waals surface area contributed by atoms with Crippen LogP contribution in [0.5, 0.6) is 0 Å². The zero-order valence-electron chi connectivity index (χ0n) is 12.2. The van der Waals surface area contributed by atoms with Crippen molar-refractivity contribution in [2.45, 2.75) is 31.3 Å². The number of benzene rings is 1. The number of hydrogen-bond acceptors (Lipinski definition) is 4. The van der Waals surface area contributed by atoms with Crippen molar-refractivity contribution in [1.82, 2.24) is 4.31 Å². The molecule has 0 unspecified atom stereocenters. The molecule has 0 saturated carbocycles. The van der Waals surface area contributed by atoms with Gasteiger partial charge in [-0.3, -0.25) is 0 Å². The van der Waals surface area contributed by atoms with Crippen LogP contribution < -0.4 is 0 Å². The lowest BCUT2D eigenvalue weighted by atomic mass is 10.1. The van der Waals surface area contributed by atoms with Crippen molar-refractivity contribution in [3.63, 3.8) is 0 Å². The number of esters is 1. The molecule has 0 aromatic heterocycles. The van der Waals surface area contributed by atoms with Crippen molar-refractivity contribution in [2.24, 2.45) is 0 Å². The molecule has 0 amide bonds. The number of ether oxygens (including phenoxy) is 1. The maximum atomic E-state index is 12.4. The highest BCUT2D eigenvalue weighted by atomic mass is 32.2. The SMILES string of the molecule is C=C1C[C@H](c2ccc(S(=O)(=O)N(CC)CC)cc2)OC1=O. The number of cyclic esters (lactones) is 1. The number of nitrogens with zero attached hydrogens (tertiary/aromatic N) is 1. The molecule has 0 radical (unpaired) electrons. The van der Waals surface area contributed by atoms with Gasteiger partial charge in [0.15, 0.2) is 0 Å². The van der Waals surface area contributed by atoms with Crippen LogP contribution >= 0.6 is 0 Å². The summed E-state index contributed by atoms with van der Waals surface area (Å²) in [6.07, 6.45) is 0.0799. The van der Waals surface area contributed by atoms with Gasteiger partial charge < -0.3 is 4.74 Å². The molecule has 1 aliphatic heterocycles. The molecule has 1 aliphatic rings. The monoisotopic (exact) mass is 309 g/mol. The van der Waals surface area contributed by atoms with E-state index < -0.39 is 10.0 Å². The summed E-state index contributed by atoms with van der Waals surface area (Å²) in [6, 6.07) is 6.48. The Labute approximate surface area is 125 Å². The number of sulfonamides is 1. The van der Waals surface area contributed by atoms with Crippen LogP contribution in [-0.4, -0.2) is 31.8 Å². The number of carbonyl (C=O) groups is 1. The molecule has 5 nitrogen and oxygen atoms in total. The summed E-state index contributed by atoms with van der Waals surface area (Å²) >= 11 is 0. The fourth-order valence-corrected chi connectivity index (χ4v) is 3.77. The summed E-state index contributed by atoms with van der Waals surface area (Å²) in [6.45, 7) is 8.11. The number of hydrogen-bond donors (Lipinski definition) is 0. The molecule has 1 aromatic carbocycles. The van der Waals surface area contributed by atoms with Gasteiger partial charge in [-0.25, -0.2) is 13.2 Å². The highest BCUT2D eigenvalue weighted by molar-refractivity contribution is 7.89. The quantitative estimate of drug-likeness (QED) is 0.618. The molecule has 1 fully saturated rings. The first-order chi connectivity index (χ1) is 9.90. The van der Waals surface area contributed by atoms with Gasteiger partial charge in [0.05, 0.1) is 4.90 Å². The molecular weight excluding hydrogens is 290 g/mol. The van der Waals surface area contributed by atoms with E-state index >= 15 is 0 Å². The fraction of sp³-hybridized carbons (Fsp3) is 0.400.